The summed E-state index contributed by atoms with van der Waals surface area (Å²) in [6.45, 7) is 5.12. The van der Waals surface area contributed by atoms with Crippen molar-refractivity contribution in [3.05, 3.63) is 23.8 Å². The van der Waals surface area contributed by atoms with Gasteiger partial charge in [-0.25, -0.2) is 13.1 Å². The zero-order valence-electron chi connectivity index (χ0n) is 11.2. The molecule has 1 aromatic carbocycles. The third-order valence-electron chi connectivity index (χ3n) is 2.54. The van der Waals surface area contributed by atoms with Crippen LogP contribution in [0.3, 0.4) is 0 Å². The number of nitrogens with one attached hydrogen (secondary N) is 2. The van der Waals surface area contributed by atoms with Crippen LogP contribution in [0.1, 0.15) is 19.4 Å². The highest BCUT2D eigenvalue weighted by Gasteiger charge is 2.24. The minimum atomic E-state index is -3.54. The van der Waals surface area contributed by atoms with E-state index in [4.69, 9.17) is 0 Å². The molecular weight excluding hydrogens is 332 g/mol. The van der Waals surface area contributed by atoms with E-state index >= 15 is 0 Å². The molecule has 5 nitrogen and oxygen atoms in total. The molecule has 1 rings (SSSR count). The number of amides is 1. The highest BCUT2D eigenvalue weighted by Crippen LogP contribution is 2.23. The number of halogens is 1. The standard InChI is InChI=1S/C12H17BrN2O3S/c1-8-5-6-9(15-11(16)12(2,3)13)7-10(8)19(17,18)14-4/h5-7,14H,1-4H3,(H,15,16). The lowest BCUT2D eigenvalue weighted by Crippen LogP contribution is -2.31. The lowest BCUT2D eigenvalue weighted by molar-refractivity contribution is -0.117. The predicted molar refractivity (Wildman–Crippen MR) is 79.1 cm³/mol. The molecule has 0 bridgehead atoms. The molecular formula is C12H17BrN2O3S. The average Bonchev–Trinajstić information content (AvgIpc) is 2.30. The van der Waals surface area contributed by atoms with Crippen LogP contribution < -0.4 is 10.0 Å². The first-order chi connectivity index (χ1) is 8.58. The summed E-state index contributed by atoms with van der Waals surface area (Å²) in [6.07, 6.45) is 0. The Hall–Kier alpha value is -0.920. The van der Waals surface area contributed by atoms with Crippen molar-refractivity contribution in [3.8, 4) is 0 Å². The molecule has 7 heteroatoms. The molecule has 0 aliphatic rings. The van der Waals surface area contributed by atoms with E-state index in [0.717, 1.165) is 0 Å². The van der Waals surface area contributed by atoms with Crippen molar-refractivity contribution in [2.75, 3.05) is 12.4 Å². The summed E-state index contributed by atoms with van der Waals surface area (Å²) in [4.78, 5) is 12.0. The summed E-state index contributed by atoms with van der Waals surface area (Å²) in [5.74, 6) is -0.246. The average molecular weight is 349 g/mol. The zero-order valence-corrected chi connectivity index (χ0v) is 13.6. The highest BCUT2D eigenvalue weighted by molar-refractivity contribution is 9.10. The van der Waals surface area contributed by atoms with Crippen LogP contribution in [0.25, 0.3) is 0 Å². The summed E-state index contributed by atoms with van der Waals surface area (Å²) >= 11 is 3.24. The zero-order chi connectivity index (χ0) is 14.8. The number of anilines is 1. The van der Waals surface area contributed by atoms with E-state index in [1.54, 1.807) is 32.9 Å². The van der Waals surface area contributed by atoms with Crippen LogP contribution in [0.4, 0.5) is 5.69 Å². The summed E-state index contributed by atoms with van der Waals surface area (Å²) in [5, 5.41) is 2.67. The third kappa shape index (κ3) is 4.02. The predicted octanol–water partition coefficient (Wildman–Crippen LogP) is 2.02. The van der Waals surface area contributed by atoms with Gasteiger partial charge in [0.25, 0.3) is 0 Å². The maximum absolute atomic E-state index is 11.8. The Kier molecular flexibility index (Phi) is 4.76. The number of aryl methyl sites for hydroxylation is 1. The van der Waals surface area contributed by atoms with E-state index < -0.39 is 14.3 Å². The number of sulfonamides is 1. The first kappa shape index (κ1) is 16.1. The Balaban J connectivity index is 3.15. The Morgan fingerprint density at radius 3 is 2.37 bits per heavy atom. The number of hydrogen-bond acceptors (Lipinski definition) is 3. The number of benzene rings is 1. The van der Waals surface area contributed by atoms with Crippen LogP contribution >= 0.6 is 15.9 Å². The van der Waals surface area contributed by atoms with Crippen molar-refractivity contribution in [2.24, 2.45) is 0 Å². The first-order valence-electron chi connectivity index (χ1n) is 5.62. The van der Waals surface area contributed by atoms with Gasteiger partial charge in [-0.3, -0.25) is 4.79 Å². The van der Waals surface area contributed by atoms with Gasteiger partial charge in [0, 0.05) is 5.69 Å². The molecule has 0 saturated heterocycles. The summed E-state index contributed by atoms with van der Waals surface area (Å²) < 4.78 is 25.2. The second-order valence-corrected chi connectivity index (χ2v) is 8.45. The van der Waals surface area contributed by atoms with Gasteiger partial charge in [-0.05, 0) is 45.5 Å². The molecule has 0 unspecified atom stereocenters. The van der Waals surface area contributed by atoms with Gasteiger partial charge in [0.15, 0.2) is 0 Å². The Bertz CT molecular complexity index is 591. The molecule has 1 amide bonds. The van der Waals surface area contributed by atoms with Crippen molar-refractivity contribution >= 4 is 37.5 Å². The molecule has 0 fully saturated rings. The van der Waals surface area contributed by atoms with Gasteiger partial charge in [-0.1, -0.05) is 22.0 Å². The molecule has 0 heterocycles. The number of alkyl halides is 1. The van der Waals surface area contributed by atoms with E-state index in [-0.39, 0.29) is 10.8 Å². The second kappa shape index (κ2) is 5.60. The Morgan fingerprint density at radius 1 is 1.32 bits per heavy atom. The summed E-state index contributed by atoms with van der Waals surface area (Å²) in [6, 6.07) is 4.76. The topological polar surface area (TPSA) is 75.3 Å². The largest absolute Gasteiger partial charge is 0.325 e. The van der Waals surface area contributed by atoms with Crippen LogP contribution in [-0.4, -0.2) is 25.7 Å². The Morgan fingerprint density at radius 2 is 1.89 bits per heavy atom. The molecule has 0 radical (unpaired) electrons. The fraction of sp³-hybridized carbons (Fsp3) is 0.417. The molecule has 0 spiro atoms. The normalized spacial score (nSPS) is 12.3. The molecule has 0 saturated carbocycles. The van der Waals surface area contributed by atoms with E-state index in [9.17, 15) is 13.2 Å². The smallest absolute Gasteiger partial charge is 0.240 e. The van der Waals surface area contributed by atoms with Crippen molar-refractivity contribution in [1.82, 2.24) is 4.72 Å². The lowest BCUT2D eigenvalue weighted by atomic mass is 10.2. The highest BCUT2D eigenvalue weighted by atomic mass is 79.9. The van der Waals surface area contributed by atoms with Gasteiger partial charge in [0.2, 0.25) is 15.9 Å². The third-order valence-corrected chi connectivity index (χ3v) is 4.46. The minimum Gasteiger partial charge on any atom is -0.325 e. The number of carbonyl (C=O) groups is 1. The lowest BCUT2D eigenvalue weighted by Gasteiger charge is -2.16. The molecule has 0 aliphatic carbocycles. The first-order valence-corrected chi connectivity index (χ1v) is 7.90. The van der Waals surface area contributed by atoms with Crippen molar-refractivity contribution in [3.63, 3.8) is 0 Å². The fourth-order valence-corrected chi connectivity index (χ4v) is 2.45. The van der Waals surface area contributed by atoms with Crippen LogP contribution in [0.5, 0.6) is 0 Å². The molecule has 1 aromatic rings. The monoisotopic (exact) mass is 348 g/mol. The van der Waals surface area contributed by atoms with Gasteiger partial charge in [0.1, 0.15) is 0 Å². The van der Waals surface area contributed by atoms with Crippen molar-refractivity contribution < 1.29 is 13.2 Å². The van der Waals surface area contributed by atoms with Crippen molar-refractivity contribution in [1.29, 1.82) is 0 Å². The number of hydrogen-bond donors (Lipinski definition) is 2. The molecule has 19 heavy (non-hydrogen) atoms. The molecule has 0 atom stereocenters. The van der Waals surface area contributed by atoms with E-state index in [1.807, 2.05) is 0 Å². The van der Waals surface area contributed by atoms with Gasteiger partial charge >= 0.3 is 0 Å². The van der Waals surface area contributed by atoms with Gasteiger partial charge in [-0.2, -0.15) is 0 Å². The maximum atomic E-state index is 11.8. The van der Waals surface area contributed by atoms with Crippen molar-refractivity contribution in [2.45, 2.75) is 30.0 Å². The minimum absolute atomic E-state index is 0.153. The second-order valence-electron chi connectivity index (χ2n) is 4.61. The maximum Gasteiger partial charge on any atom is 0.240 e. The van der Waals surface area contributed by atoms with E-state index in [0.29, 0.717) is 11.3 Å². The van der Waals surface area contributed by atoms with Crippen LogP contribution in [0, 0.1) is 6.92 Å². The van der Waals surface area contributed by atoms with Gasteiger partial charge in [0.05, 0.1) is 9.22 Å². The number of rotatable bonds is 4. The van der Waals surface area contributed by atoms with E-state index in [2.05, 4.69) is 26.0 Å². The fourth-order valence-electron chi connectivity index (χ4n) is 1.36. The van der Waals surface area contributed by atoms with Gasteiger partial charge in [-0.15, -0.1) is 0 Å². The molecule has 0 aliphatic heterocycles. The number of carbonyl (C=O) groups excluding carboxylic acids is 1. The molecule has 2 N–H and O–H groups in total. The molecule has 0 aromatic heterocycles. The van der Waals surface area contributed by atoms with Crippen LogP contribution in [0.15, 0.2) is 23.1 Å². The SMILES string of the molecule is CNS(=O)(=O)c1cc(NC(=O)C(C)(C)Br)ccc1C. The van der Waals surface area contributed by atoms with Crippen LogP contribution in [-0.2, 0) is 14.8 Å². The summed E-state index contributed by atoms with van der Waals surface area (Å²) in [7, 11) is -2.19. The summed E-state index contributed by atoms with van der Waals surface area (Å²) in [5.41, 5.74) is 1.06. The molecule has 106 valence electrons. The Labute approximate surface area is 122 Å². The quantitative estimate of drug-likeness (QED) is 0.817. The van der Waals surface area contributed by atoms with Crippen LogP contribution in [0.2, 0.25) is 0 Å². The van der Waals surface area contributed by atoms with E-state index in [1.165, 1.54) is 13.1 Å². The van der Waals surface area contributed by atoms with Gasteiger partial charge < -0.3 is 5.32 Å².